The Morgan fingerprint density at radius 2 is 1.91 bits per heavy atom. The van der Waals surface area contributed by atoms with Crippen molar-refractivity contribution >= 4 is 33.6 Å². The molecule has 114 valence electrons. The zero-order chi connectivity index (χ0) is 15.8. The average molecular weight is 320 g/mol. The molecule has 0 radical (unpaired) electrons. The Kier molecular flexibility index (Phi) is 3.54. The van der Waals surface area contributed by atoms with Crippen molar-refractivity contribution in [2.45, 2.75) is 18.6 Å². The zero-order valence-electron chi connectivity index (χ0n) is 12.7. The van der Waals surface area contributed by atoms with Crippen LogP contribution in [0.3, 0.4) is 0 Å². The number of fused-ring (bicyclic) bond motifs is 1. The number of aliphatic imine (C=N–C) groups is 1. The van der Waals surface area contributed by atoms with E-state index in [0.29, 0.717) is 6.42 Å². The van der Waals surface area contributed by atoms with Gasteiger partial charge in [-0.05, 0) is 18.6 Å². The summed E-state index contributed by atoms with van der Waals surface area (Å²) in [6, 6.07) is 16.4. The van der Waals surface area contributed by atoms with Gasteiger partial charge in [-0.3, -0.25) is 4.79 Å². The highest BCUT2D eigenvalue weighted by atomic mass is 32.2. The molecular formula is C19H16N2OS. The van der Waals surface area contributed by atoms with Crippen molar-refractivity contribution in [2.75, 3.05) is 0 Å². The lowest BCUT2D eigenvalue weighted by molar-refractivity contribution is -0.117. The second kappa shape index (κ2) is 5.70. The van der Waals surface area contributed by atoms with Crippen LogP contribution in [0.4, 0.5) is 0 Å². The van der Waals surface area contributed by atoms with Crippen molar-refractivity contribution in [2.24, 2.45) is 4.99 Å². The molecule has 0 aliphatic carbocycles. The predicted octanol–water partition coefficient (Wildman–Crippen LogP) is 4.63. The molecule has 3 aromatic rings. The van der Waals surface area contributed by atoms with Gasteiger partial charge in [-0.2, -0.15) is 0 Å². The van der Waals surface area contributed by atoms with Crippen LogP contribution >= 0.6 is 11.8 Å². The van der Waals surface area contributed by atoms with Crippen molar-refractivity contribution in [3.05, 3.63) is 71.4 Å². The molecule has 1 aromatic heterocycles. The van der Waals surface area contributed by atoms with E-state index in [1.807, 2.05) is 30.5 Å². The molecule has 3 nitrogen and oxygen atoms in total. The van der Waals surface area contributed by atoms with E-state index in [9.17, 15) is 4.79 Å². The molecule has 1 N–H and O–H groups in total. The molecule has 0 saturated heterocycles. The van der Waals surface area contributed by atoms with Crippen LogP contribution < -0.4 is 0 Å². The van der Waals surface area contributed by atoms with E-state index >= 15 is 0 Å². The largest absolute Gasteiger partial charge is 0.361 e. The molecule has 2 aromatic carbocycles. The van der Waals surface area contributed by atoms with Crippen LogP contribution in [0.1, 0.15) is 28.4 Å². The van der Waals surface area contributed by atoms with Gasteiger partial charge in [-0.1, -0.05) is 59.8 Å². The van der Waals surface area contributed by atoms with Gasteiger partial charge in [0, 0.05) is 34.3 Å². The molecule has 0 fully saturated rings. The number of H-pyrrole nitrogens is 1. The van der Waals surface area contributed by atoms with Crippen LogP contribution in [0.15, 0.2) is 59.7 Å². The van der Waals surface area contributed by atoms with Gasteiger partial charge in [0.1, 0.15) is 5.04 Å². The summed E-state index contributed by atoms with van der Waals surface area (Å²) >= 11 is 1.68. The molecule has 1 unspecified atom stereocenters. The summed E-state index contributed by atoms with van der Waals surface area (Å²) in [5, 5.41) is 2.10. The highest BCUT2D eigenvalue weighted by molar-refractivity contribution is 8.14. The number of benzene rings is 2. The lowest BCUT2D eigenvalue weighted by atomic mass is 10.1. The number of rotatable bonds is 2. The number of carbonyl (C=O) groups is 1. The molecule has 4 heteroatoms. The summed E-state index contributed by atoms with van der Waals surface area (Å²) in [6.07, 6.45) is 2.47. The van der Waals surface area contributed by atoms with E-state index in [1.165, 1.54) is 16.5 Å². The number of hydrogen-bond donors (Lipinski definition) is 1. The van der Waals surface area contributed by atoms with Gasteiger partial charge in [0.05, 0.1) is 0 Å². The number of aryl methyl sites for hydroxylation is 1. The number of para-hydroxylation sites is 1. The summed E-state index contributed by atoms with van der Waals surface area (Å²) < 4.78 is 0. The van der Waals surface area contributed by atoms with Gasteiger partial charge >= 0.3 is 0 Å². The van der Waals surface area contributed by atoms with Gasteiger partial charge in [-0.25, -0.2) is 4.99 Å². The average Bonchev–Trinajstić information content (AvgIpc) is 2.99. The topological polar surface area (TPSA) is 45.2 Å². The first kappa shape index (κ1) is 14.3. The van der Waals surface area contributed by atoms with E-state index in [4.69, 9.17) is 0 Å². The Balaban J connectivity index is 1.71. The minimum Gasteiger partial charge on any atom is -0.361 e. The van der Waals surface area contributed by atoms with Crippen molar-refractivity contribution < 1.29 is 4.79 Å². The number of amides is 1. The third-order valence-corrected chi connectivity index (χ3v) is 5.36. The van der Waals surface area contributed by atoms with Crippen LogP contribution in [0.25, 0.3) is 10.9 Å². The fourth-order valence-electron chi connectivity index (χ4n) is 2.88. The summed E-state index contributed by atoms with van der Waals surface area (Å²) in [5.41, 5.74) is 4.50. The van der Waals surface area contributed by atoms with Crippen molar-refractivity contribution in [3.8, 4) is 0 Å². The smallest absolute Gasteiger partial charge is 0.248 e. The van der Waals surface area contributed by atoms with Gasteiger partial charge < -0.3 is 4.98 Å². The monoisotopic (exact) mass is 320 g/mol. The number of aromatic nitrogens is 1. The lowest BCUT2D eigenvalue weighted by Gasteiger charge is -2.20. The number of carbonyl (C=O) groups excluding carboxylic acids is 1. The summed E-state index contributed by atoms with van der Waals surface area (Å²) in [5.74, 6) is -0.0467. The number of aromatic amines is 1. The van der Waals surface area contributed by atoms with E-state index in [2.05, 4.69) is 41.2 Å². The van der Waals surface area contributed by atoms with Crippen LogP contribution in [0.2, 0.25) is 0 Å². The van der Waals surface area contributed by atoms with Crippen molar-refractivity contribution in [1.82, 2.24) is 4.98 Å². The maximum atomic E-state index is 12.1. The Labute approximate surface area is 138 Å². The van der Waals surface area contributed by atoms with Crippen LogP contribution in [0.5, 0.6) is 0 Å². The van der Waals surface area contributed by atoms with E-state index in [0.717, 1.165) is 16.1 Å². The van der Waals surface area contributed by atoms with Gasteiger partial charge in [0.2, 0.25) is 5.91 Å². The fourth-order valence-corrected chi connectivity index (χ4v) is 4.13. The first-order valence-corrected chi connectivity index (χ1v) is 8.50. The third-order valence-electron chi connectivity index (χ3n) is 4.11. The van der Waals surface area contributed by atoms with Crippen LogP contribution in [0, 0.1) is 6.92 Å². The quantitative estimate of drug-likeness (QED) is 0.748. The second-order valence-electron chi connectivity index (χ2n) is 5.78. The van der Waals surface area contributed by atoms with Crippen molar-refractivity contribution in [3.63, 3.8) is 0 Å². The Bertz CT molecular complexity index is 909. The molecular weight excluding hydrogens is 304 g/mol. The predicted molar refractivity (Wildman–Crippen MR) is 96.0 cm³/mol. The first-order valence-electron chi connectivity index (χ1n) is 7.62. The summed E-state index contributed by atoms with van der Waals surface area (Å²) in [7, 11) is 0. The number of nitrogens with zero attached hydrogens (tertiary/aromatic N) is 1. The summed E-state index contributed by atoms with van der Waals surface area (Å²) in [6.45, 7) is 2.06. The van der Waals surface area contributed by atoms with Crippen LogP contribution in [-0.2, 0) is 4.79 Å². The summed E-state index contributed by atoms with van der Waals surface area (Å²) in [4.78, 5) is 19.7. The van der Waals surface area contributed by atoms with Crippen molar-refractivity contribution in [1.29, 1.82) is 0 Å². The molecule has 1 aliphatic rings. The Morgan fingerprint density at radius 1 is 1.13 bits per heavy atom. The Hall–Kier alpha value is -2.33. The van der Waals surface area contributed by atoms with E-state index < -0.39 is 0 Å². The standard InChI is InChI=1S/C19H16N2OS/c1-12-6-8-13(9-7-12)19-21-18(22)10-17(23-19)15-11-20-16-5-3-2-4-14(15)16/h2-9,11,17,20H,10H2,1H3. The zero-order valence-corrected chi connectivity index (χ0v) is 13.6. The van der Waals surface area contributed by atoms with E-state index in [-0.39, 0.29) is 11.2 Å². The third kappa shape index (κ3) is 2.70. The second-order valence-corrected chi connectivity index (χ2v) is 6.97. The van der Waals surface area contributed by atoms with Gasteiger partial charge in [0.15, 0.2) is 0 Å². The molecule has 1 amide bonds. The normalized spacial score (nSPS) is 18.2. The highest BCUT2D eigenvalue weighted by Gasteiger charge is 2.27. The molecule has 1 aliphatic heterocycles. The van der Waals surface area contributed by atoms with E-state index in [1.54, 1.807) is 11.8 Å². The fraction of sp³-hybridized carbons (Fsp3) is 0.158. The molecule has 1 atom stereocenters. The minimum atomic E-state index is -0.0467. The minimum absolute atomic E-state index is 0.0467. The SMILES string of the molecule is Cc1ccc(C2=NC(=O)CC(c3c[nH]c4ccccc34)S2)cc1. The molecule has 0 spiro atoms. The number of hydrogen-bond acceptors (Lipinski definition) is 2. The Morgan fingerprint density at radius 3 is 2.74 bits per heavy atom. The van der Waals surface area contributed by atoms with Gasteiger partial charge in [0.25, 0.3) is 0 Å². The van der Waals surface area contributed by atoms with Gasteiger partial charge in [-0.15, -0.1) is 0 Å². The lowest BCUT2D eigenvalue weighted by Crippen LogP contribution is -2.14. The highest BCUT2D eigenvalue weighted by Crippen LogP contribution is 2.41. The number of thioether (sulfide) groups is 1. The van der Waals surface area contributed by atoms with Crippen LogP contribution in [-0.4, -0.2) is 15.9 Å². The number of nitrogens with one attached hydrogen (secondary N) is 1. The maximum absolute atomic E-state index is 12.1. The molecule has 23 heavy (non-hydrogen) atoms. The molecule has 0 bridgehead atoms. The molecule has 0 saturated carbocycles. The first-order chi connectivity index (χ1) is 11.2. The maximum Gasteiger partial charge on any atom is 0.248 e. The molecule has 2 heterocycles. The molecule has 4 rings (SSSR count).